The fourth-order valence-corrected chi connectivity index (χ4v) is 2.41. The highest BCUT2D eigenvalue weighted by Crippen LogP contribution is 2.33. The average Bonchev–Trinajstić information content (AvgIpc) is 2.15. The van der Waals surface area contributed by atoms with Gasteiger partial charge >= 0.3 is 0 Å². The maximum Gasteiger partial charge on any atom is 0.216 e. The summed E-state index contributed by atoms with van der Waals surface area (Å²) in [6.45, 7) is 7.11. The molecule has 0 heterocycles. The Morgan fingerprint density at radius 3 is 2.71 bits per heavy atom. The minimum absolute atomic E-state index is 0.108. The lowest BCUT2D eigenvalue weighted by Crippen LogP contribution is -2.31. The van der Waals surface area contributed by atoms with E-state index >= 15 is 0 Å². The number of rotatable bonds is 3. The zero-order valence-corrected chi connectivity index (χ0v) is 9.68. The van der Waals surface area contributed by atoms with Gasteiger partial charge in [-0.3, -0.25) is 4.79 Å². The highest BCUT2D eigenvalue weighted by atomic mass is 16.1. The van der Waals surface area contributed by atoms with Crippen LogP contribution in [0.25, 0.3) is 0 Å². The van der Waals surface area contributed by atoms with Gasteiger partial charge < -0.3 is 5.32 Å². The molecule has 1 unspecified atom stereocenters. The van der Waals surface area contributed by atoms with Gasteiger partial charge in [-0.25, -0.2) is 0 Å². The van der Waals surface area contributed by atoms with Crippen molar-refractivity contribution in [3.05, 3.63) is 0 Å². The van der Waals surface area contributed by atoms with Crippen molar-refractivity contribution in [1.82, 2.24) is 5.32 Å². The zero-order chi connectivity index (χ0) is 10.6. The molecule has 0 aromatic heterocycles. The smallest absolute Gasteiger partial charge is 0.216 e. The molecular weight excluding hydrogens is 174 g/mol. The first-order chi connectivity index (χ1) is 6.59. The fraction of sp³-hybridized carbons (Fsp3) is 0.917. The molecule has 0 saturated heterocycles. The minimum atomic E-state index is 0.108. The molecule has 0 bridgehead atoms. The summed E-state index contributed by atoms with van der Waals surface area (Å²) in [5.74, 6) is 2.51. The van der Waals surface area contributed by atoms with E-state index in [4.69, 9.17) is 0 Å². The molecule has 2 atom stereocenters. The van der Waals surface area contributed by atoms with E-state index in [1.165, 1.54) is 25.7 Å². The second kappa shape index (κ2) is 5.38. The van der Waals surface area contributed by atoms with Crippen molar-refractivity contribution < 1.29 is 4.79 Å². The lowest BCUT2D eigenvalue weighted by molar-refractivity contribution is -0.119. The van der Waals surface area contributed by atoms with Crippen LogP contribution < -0.4 is 5.32 Å². The van der Waals surface area contributed by atoms with E-state index in [1.807, 2.05) is 0 Å². The summed E-state index contributed by atoms with van der Waals surface area (Å²) in [5, 5.41) is 2.94. The molecule has 14 heavy (non-hydrogen) atoms. The highest BCUT2D eigenvalue weighted by Gasteiger charge is 2.23. The van der Waals surface area contributed by atoms with Crippen LogP contribution in [0.2, 0.25) is 0 Å². The quantitative estimate of drug-likeness (QED) is 0.740. The Labute approximate surface area is 87.5 Å². The standard InChI is InChI=1S/C12H23NO/c1-9(2)12-6-4-5-11(7-12)8-13-10(3)14/h9,11-12H,4-8H2,1-3H3,(H,13,14)/t11-,12?/m1/s1. The molecule has 1 fully saturated rings. The van der Waals surface area contributed by atoms with Crippen LogP contribution in [-0.2, 0) is 4.79 Å². The second-order valence-corrected chi connectivity index (χ2v) is 4.97. The summed E-state index contributed by atoms with van der Waals surface area (Å²) >= 11 is 0. The van der Waals surface area contributed by atoms with Crippen LogP contribution >= 0.6 is 0 Å². The van der Waals surface area contributed by atoms with Crippen LogP contribution in [0.4, 0.5) is 0 Å². The Bertz CT molecular complexity index is 189. The predicted octanol–water partition coefficient (Wildman–Crippen LogP) is 2.58. The molecule has 2 nitrogen and oxygen atoms in total. The van der Waals surface area contributed by atoms with Crippen molar-refractivity contribution in [3.63, 3.8) is 0 Å². The van der Waals surface area contributed by atoms with Crippen LogP contribution in [-0.4, -0.2) is 12.5 Å². The summed E-state index contributed by atoms with van der Waals surface area (Å²) in [5.41, 5.74) is 0. The molecule has 0 spiro atoms. The lowest BCUT2D eigenvalue weighted by atomic mass is 9.76. The minimum Gasteiger partial charge on any atom is -0.356 e. The maximum absolute atomic E-state index is 10.8. The van der Waals surface area contributed by atoms with Crippen molar-refractivity contribution in [2.24, 2.45) is 17.8 Å². The summed E-state index contributed by atoms with van der Waals surface area (Å²) in [6, 6.07) is 0. The summed E-state index contributed by atoms with van der Waals surface area (Å²) in [4.78, 5) is 10.8. The van der Waals surface area contributed by atoms with Crippen molar-refractivity contribution in [2.75, 3.05) is 6.54 Å². The first-order valence-electron chi connectivity index (χ1n) is 5.84. The molecule has 0 aromatic rings. The van der Waals surface area contributed by atoms with Crippen LogP contribution in [0.3, 0.4) is 0 Å². The Balaban J connectivity index is 2.29. The van der Waals surface area contributed by atoms with Gasteiger partial charge in [-0.15, -0.1) is 0 Å². The van der Waals surface area contributed by atoms with Crippen molar-refractivity contribution in [3.8, 4) is 0 Å². The van der Waals surface area contributed by atoms with Gasteiger partial charge in [0.15, 0.2) is 0 Å². The number of carbonyl (C=O) groups is 1. The largest absolute Gasteiger partial charge is 0.356 e. The maximum atomic E-state index is 10.8. The van der Waals surface area contributed by atoms with Gasteiger partial charge in [-0.2, -0.15) is 0 Å². The van der Waals surface area contributed by atoms with Crippen molar-refractivity contribution in [2.45, 2.75) is 46.5 Å². The van der Waals surface area contributed by atoms with E-state index in [0.29, 0.717) is 0 Å². The molecule has 1 N–H and O–H groups in total. The van der Waals surface area contributed by atoms with Crippen molar-refractivity contribution in [1.29, 1.82) is 0 Å². The molecule has 1 amide bonds. The Morgan fingerprint density at radius 2 is 2.14 bits per heavy atom. The van der Waals surface area contributed by atoms with Gasteiger partial charge in [0, 0.05) is 13.5 Å². The molecule has 0 radical (unpaired) electrons. The molecular formula is C12H23NO. The Hall–Kier alpha value is -0.530. The Morgan fingerprint density at radius 1 is 1.43 bits per heavy atom. The third-order valence-electron chi connectivity index (χ3n) is 3.41. The second-order valence-electron chi connectivity index (χ2n) is 4.97. The molecule has 1 rings (SSSR count). The number of carbonyl (C=O) groups excluding carboxylic acids is 1. The number of amides is 1. The van der Waals surface area contributed by atoms with Crippen LogP contribution in [0.15, 0.2) is 0 Å². The molecule has 0 aliphatic heterocycles. The van der Waals surface area contributed by atoms with E-state index in [1.54, 1.807) is 6.92 Å². The first-order valence-corrected chi connectivity index (χ1v) is 5.84. The molecule has 1 aliphatic carbocycles. The lowest BCUT2D eigenvalue weighted by Gasteiger charge is -2.31. The van der Waals surface area contributed by atoms with Gasteiger partial charge in [0.2, 0.25) is 5.91 Å². The molecule has 1 saturated carbocycles. The van der Waals surface area contributed by atoms with Crippen LogP contribution in [0.1, 0.15) is 46.5 Å². The number of hydrogen-bond acceptors (Lipinski definition) is 1. The molecule has 82 valence electrons. The fourth-order valence-electron chi connectivity index (χ4n) is 2.41. The van der Waals surface area contributed by atoms with Gasteiger partial charge in [0.1, 0.15) is 0 Å². The van der Waals surface area contributed by atoms with E-state index < -0.39 is 0 Å². The van der Waals surface area contributed by atoms with Crippen LogP contribution in [0, 0.1) is 17.8 Å². The molecule has 0 aromatic carbocycles. The van der Waals surface area contributed by atoms with E-state index in [2.05, 4.69) is 19.2 Å². The van der Waals surface area contributed by atoms with Gasteiger partial charge in [-0.05, 0) is 30.6 Å². The summed E-state index contributed by atoms with van der Waals surface area (Å²) in [7, 11) is 0. The average molecular weight is 197 g/mol. The van der Waals surface area contributed by atoms with Gasteiger partial charge in [0.25, 0.3) is 0 Å². The van der Waals surface area contributed by atoms with E-state index in [-0.39, 0.29) is 5.91 Å². The highest BCUT2D eigenvalue weighted by molar-refractivity contribution is 5.72. The third kappa shape index (κ3) is 3.69. The molecule has 2 heteroatoms. The number of nitrogens with one attached hydrogen (secondary N) is 1. The monoisotopic (exact) mass is 197 g/mol. The van der Waals surface area contributed by atoms with Gasteiger partial charge in [0.05, 0.1) is 0 Å². The molecule has 1 aliphatic rings. The van der Waals surface area contributed by atoms with E-state index in [9.17, 15) is 4.79 Å². The zero-order valence-electron chi connectivity index (χ0n) is 9.68. The Kier molecular flexibility index (Phi) is 4.43. The predicted molar refractivity (Wildman–Crippen MR) is 59.0 cm³/mol. The summed E-state index contributed by atoms with van der Waals surface area (Å²) in [6.07, 6.45) is 5.32. The topological polar surface area (TPSA) is 29.1 Å². The normalized spacial score (nSPS) is 27.7. The van der Waals surface area contributed by atoms with Crippen LogP contribution in [0.5, 0.6) is 0 Å². The van der Waals surface area contributed by atoms with Gasteiger partial charge in [-0.1, -0.05) is 26.7 Å². The van der Waals surface area contributed by atoms with Crippen molar-refractivity contribution >= 4 is 5.91 Å². The number of hydrogen-bond donors (Lipinski definition) is 1. The van der Waals surface area contributed by atoms with E-state index in [0.717, 1.165) is 24.3 Å². The third-order valence-corrected chi connectivity index (χ3v) is 3.41. The first kappa shape index (κ1) is 11.5. The SMILES string of the molecule is CC(=O)NC[C@@H]1CCCC(C(C)C)C1. The summed E-state index contributed by atoms with van der Waals surface area (Å²) < 4.78 is 0.